The van der Waals surface area contributed by atoms with Crippen molar-refractivity contribution in [2.45, 2.75) is 79.1 Å². The summed E-state index contributed by atoms with van der Waals surface area (Å²) >= 11 is 11.7. The average Bonchev–Trinajstić information content (AvgIpc) is 3.94. The smallest absolute Gasteiger partial charge is 0.185 e. The van der Waals surface area contributed by atoms with Crippen LogP contribution in [0.4, 0.5) is 23.2 Å². The molecular formula is C55H53Cl2F4N5O. The summed E-state index contributed by atoms with van der Waals surface area (Å²) in [5.41, 5.74) is 15.5. The second-order valence-corrected chi connectivity index (χ2v) is 18.3. The molecule has 0 saturated carbocycles. The van der Waals surface area contributed by atoms with E-state index in [2.05, 4.69) is 101 Å². The Morgan fingerprint density at radius 3 is 1.49 bits per heavy atom. The van der Waals surface area contributed by atoms with Crippen LogP contribution in [0.15, 0.2) is 134 Å². The van der Waals surface area contributed by atoms with E-state index in [0.717, 1.165) is 40.3 Å². The monoisotopic (exact) mass is 945 g/mol. The first kappa shape index (κ1) is 49.9. The molecule has 0 amide bonds. The van der Waals surface area contributed by atoms with Gasteiger partial charge < -0.3 is 5.73 Å². The molecule has 8 aromatic rings. The van der Waals surface area contributed by atoms with Gasteiger partial charge in [0.1, 0.15) is 29.1 Å². The summed E-state index contributed by atoms with van der Waals surface area (Å²) in [6.45, 7) is 16.9. The largest absolute Gasteiger partial charge is 0.395 e. The number of aldehydes is 1. The lowest BCUT2D eigenvalue weighted by Gasteiger charge is -2.28. The van der Waals surface area contributed by atoms with E-state index < -0.39 is 5.82 Å². The number of aryl methyl sites for hydroxylation is 5. The Hall–Kier alpha value is -6.49. The van der Waals surface area contributed by atoms with Crippen molar-refractivity contribution in [2.24, 2.45) is 0 Å². The summed E-state index contributed by atoms with van der Waals surface area (Å²) in [4.78, 5) is 20.5. The number of nitrogens with zero attached hydrogens (tertiary/aromatic N) is 4. The van der Waals surface area contributed by atoms with Gasteiger partial charge in [0.25, 0.3) is 0 Å². The average molecular weight is 947 g/mol. The predicted molar refractivity (Wildman–Crippen MR) is 263 cm³/mol. The Bertz CT molecular complexity index is 2970. The van der Waals surface area contributed by atoms with Crippen LogP contribution in [-0.4, -0.2) is 25.4 Å². The van der Waals surface area contributed by atoms with Gasteiger partial charge in [-0.25, -0.2) is 27.5 Å². The first-order chi connectivity index (χ1) is 31.7. The van der Waals surface area contributed by atoms with Crippen molar-refractivity contribution in [3.63, 3.8) is 0 Å². The molecule has 0 bridgehead atoms. The number of nitrogen functional groups attached to an aromatic ring is 1. The Kier molecular flexibility index (Phi) is 15.6. The van der Waals surface area contributed by atoms with E-state index in [1.165, 1.54) is 64.7 Å². The maximum atomic E-state index is 14.4. The fourth-order valence-corrected chi connectivity index (χ4v) is 8.13. The number of benzene rings is 6. The highest BCUT2D eigenvalue weighted by atomic mass is 35.5. The van der Waals surface area contributed by atoms with Crippen molar-refractivity contribution in [3.8, 4) is 11.4 Å². The van der Waals surface area contributed by atoms with Gasteiger partial charge >= 0.3 is 0 Å². The Balaban J connectivity index is 0.000000191. The number of anilines is 1. The van der Waals surface area contributed by atoms with E-state index in [1.54, 1.807) is 53.2 Å². The van der Waals surface area contributed by atoms with E-state index in [-0.39, 0.29) is 39.0 Å². The van der Waals surface area contributed by atoms with Gasteiger partial charge in [0, 0.05) is 45.4 Å². The van der Waals surface area contributed by atoms with Gasteiger partial charge in [-0.15, -0.1) is 0 Å². The molecule has 0 fully saturated rings. The topological polar surface area (TPSA) is 78.7 Å². The van der Waals surface area contributed by atoms with E-state index in [0.29, 0.717) is 34.9 Å². The standard InChI is InChI=1S/C28H27ClF2N2.C21H21FN2O.C6H5ClFN/c1-18-8-9-20(16-19(18)2)28(3,4)26-17-32-27(33(26)22-12-10-21(30)11-13-22)15-14-23-24(29)6-5-7-25(23)31;1-14-5-6-16(11-15(14)2)21(3,4)19-12-23-20(13-25)24(19)18-9-7-17(22)8-10-18;7-4-2-1-3-5(8)6(4)9/h5-13,16-17H,14-15H2,1-4H3;5-13H,1-4H3;1-3H,9H2. The van der Waals surface area contributed by atoms with Gasteiger partial charge in [-0.05, 0) is 140 Å². The Morgan fingerprint density at radius 2 is 1.03 bits per heavy atom. The van der Waals surface area contributed by atoms with E-state index >= 15 is 0 Å². The van der Waals surface area contributed by atoms with Crippen LogP contribution in [0.25, 0.3) is 11.4 Å². The van der Waals surface area contributed by atoms with Gasteiger partial charge in [-0.1, -0.05) is 99.4 Å². The highest BCUT2D eigenvalue weighted by molar-refractivity contribution is 6.33. The number of carbonyl (C=O) groups excluding carboxylic acids is 1. The number of carbonyl (C=O) groups is 1. The molecule has 6 nitrogen and oxygen atoms in total. The second-order valence-electron chi connectivity index (χ2n) is 17.5. The third-order valence-corrected chi connectivity index (χ3v) is 13.0. The zero-order valence-corrected chi connectivity index (χ0v) is 40.2. The predicted octanol–water partition coefficient (Wildman–Crippen LogP) is 14.4. The number of nitrogens with two attached hydrogens (primary N) is 1. The molecule has 2 heterocycles. The number of halogens is 6. The molecule has 2 aromatic heterocycles. The fraction of sp³-hybridized carbons (Fsp3) is 0.218. The Labute approximate surface area is 400 Å². The Morgan fingerprint density at radius 1 is 0.567 bits per heavy atom. The molecule has 0 aliphatic rings. The second kappa shape index (κ2) is 21.0. The molecule has 0 unspecified atom stereocenters. The van der Waals surface area contributed by atoms with Gasteiger partial charge in [0.15, 0.2) is 12.1 Å². The quantitative estimate of drug-likeness (QED) is 0.0842. The van der Waals surface area contributed by atoms with Crippen LogP contribution in [-0.2, 0) is 23.7 Å². The normalized spacial score (nSPS) is 11.4. The molecule has 2 N–H and O–H groups in total. The SMILES string of the molecule is Cc1ccc(C(C)(C)c2cnc(C=O)n2-c2ccc(F)cc2)cc1C.Cc1ccc(C(C)(C)c2cnc(CCc3c(F)cccc3Cl)n2-c2ccc(F)cc2)cc1C.Nc1c(F)cccc1Cl. The van der Waals surface area contributed by atoms with Crippen LogP contribution >= 0.6 is 23.2 Å². The molecule has 12 heteroatoms. The molecule has 0 spiro atoms. The minimum absolute atomic E-state index is 0.0131. The summed E-state index contributed by atoms with van der Waals surface area (Å²) < 4.78 is 57.6. The zero-order chi connectivity index (χ0) is 48.8. The van der Waals surface area contributed by atoms with Crippen LogP contribution < -0.4 is 5.73 Å². The minimum Gasteiger partial charge on any atom is -0.395 e. The lowest BCUT2D eigenvalue weighted by atomic mass is 9.80. The molecule has 0 atom stereocenters. The van der Waals surface area contributed by atoms with Crippen LogP contribution in [0, 0.1) is 51.0 Å². The highest BCUT2D eigenvalue weighted by Gasteiger charge is 2.31. The van der Waals surface area contributed by atoms with E-state index in [1.807, 2.05) is 6.20 Å². The summed E-state index contributed by atoms with van der Waals surface area (Å²) in [5.74, 6) is -0.327. The van der Waals surface area contributed by atoms with Crippen LogP contribution in [0.3, 0.4) is 0 Å². The lowest BCUT2D eigenvalue weighted by Crippen LogP contribution is -2.24. The van der Waals surface area contributed by atoms with Crippen LogP contribution in [0.5, 0.6) is 0 Å². The summed E-state index contributed by atoms with van der Waals surface area (Å²) in [6, 6.07) is 34.3. The van der Waals surface area contributed by atoms with Gasteiger partial charge in [-0.2, -0.15) is 0 Å². The third kappa shape index (κ3) is 11.2. The first-order valence-electron chi connectivity index (χ1n) is 21.6. The molecule has 0 saturated heterocycles. The maximum absolute atomic E-state index is 14.4. The first-order valence-corrected chi connectivity index (χ1v) is 22.4. The van der Waals surface area contributed by atoms with Crippen molar-refractivity contribution in [1.82, 2.24) is 19.1 Å². The van der Waals surface area contributed by atoms with Crippen molar-refractivity contribution >= 4 is 35.2 Å². The van der Waals surface area contributed by atoms with Crippen LogP contribution in [0.1, 0.15) is 94.5 Å². The minimum atomic E-state index is -0.470. The maximum Gasteiger partial charge on any atom is 0.185 e. The number of imidazole rings is 2. The molecule has 0 aliphatic carbocycles. The highest BCUT2D eigenvalue weighted by Crippen LogP contribution is 2.37. The molecular weight excluding hydrogens is 894 g/mol. The third-order valence-electron chi connectivity index (χ3n) is 12.3. The van der Waals surface area contributed by atoms with Crippen LogP contribution in [0.2, 0.25) is 10.0 Å². The van der Waals surface area contributed by atoms with Crippen molar-refractivity contribution in [1.29, 1.82) is 0 Å². The molecule has 67 heavy (non-hydrogen) atoms. The van der Waals surface area contributed by atoms with E-state index in [4.69, 9.17) is 33.9 Å². The van der Waals surface area contributed by atoms with Crippen molar-refractivity contribution in [2.75, 3.05) is 5.73 Å². The zero-order valence-electron chi connectivity index (χ0n) is 38.7. The van der Waals surface area contributed by atoms with Gasteiger partial charge in [0.05, 0.1) is 28.3 Å². The van der Waals surface area contributed by atoms with E-state index in [9.17, 15) is 22.4 Å². The van der Waals surface area contributed by atoms with Gasteiger partial charge in [0.2, 0.25) is 0 Å². The molecule has 346 valence electrons. The van der Waals surface area contributed by atoms with Crippen molar-refractivity contribution in [3.05, 3.63) is 229 Å². The molecule has 8 rings (SSSR count). The fourth-order valence-electron chi connectivity index (χ4n) is 7.71. The number of rotatable bonds is 10. The van der Waals surface area contributed by atoms with Crippen molar-refractivity contribution < 1.29 is 22.4 Å². The number of aromatic nitrogens is 4. The summed E-state index contributed by atoms with van der Waals surface area (Å²) in [6.07, 6.45) is 5.22. The lowest BCUT2D eigenvalue weighted by molar-refractivity contribution is 0.111. The molecule has 6 aromatic carbocycles. The number of hydrogen-bond donors (Lipinski definition) is 1. The number of hydrogen-bond acceptors (Lipinski definition) is 4. The molecule has 0 aliphatic heterocycles. The molecule has 0 radical (unpaired) electrons. The summed E-state index contributed by atoms with van der Waals surface area (Å²) in [5, 5.41) is 0.667. The van der Waals surface area contributed by atoms with Gasteiger partial charge in [-0.3, -0.25) is 13.9 Å². The number of para-hydroxylation sites is 1. The summed E-state index contributed by atoms with van der Waals surface area (Å²) in [7, 11) is 0.